The highest BCUT2D eigenvalue weighted by Gasteiger charge is 2.43. The molecule has 12 heteroatoms. The van der Waals surface area contributed by atoms with Gasteiger partial charge in [-0.1, -0.05) is 115 Å². The van der Waals surface area contributed by atoms with Crippen LogP contribution in [0.25, 0.3) is 5.57 Å². The third-order valence-electron chi connectivity index (χ3n) is 11.3. The predicted octanol–water partition coefficient (Wildman–Crippen LogP) is 11.2. The van der Waals surface area contributed by atoms with Crippen molar-refractivity contribution in [1.82, 2.24) is 9.80 Å². The Morgan fingerprint density at radius 2 is 1.53 bits per heavy atom. The minimum atomic E-state index is -2.56. The van der Waals surface area contributed by atoms with Gasteiger partial charge in [-0.15, -0.1) is 0 Å². The molecular weight excluding hydrogens is 799 g/mol. The summed E-state index contributed by atoms with van der Waals surface area (Å²) in [6.45, 7) is 9.17. The monoisotopic (exact) mass is 848 g/mol. The maximum atomic E-state index is 15.0. The van der Waals surface area contributed by atoms with Gasteiger partial charge in [0.1, 0.15) is 31.3 Å². The van der Waals surface area contributed by atoms with Crippen LogP contribution < -0.4 is 9.47 Å². The summed E-state index contributed by atoms with van der Waals surface area (Å²) in [4.78, 5) is 43.9. The third-order valence-corrected chi connectivity index (χ3v) is 16.0. The Labute approximate surface area is 352 Å². The van der Waals surface area contributed by atoms with Crippen molar-refractivity contribution in [1.29, 1.82) is 0 Å². The van der Waals surface area contributed by atoms with Crippen LogP contribution in [0.3, 0.4) is 0 Å². The topological polar surface area (TPSA) is 88.5 Å². The molecule has 1 aliphatic heterocycles. The van der Waals surface area contributed by atoms with E-state index in [4.69, 9.17) is 49.0 Å². The Bertz CT molecular complexity index is 2050. The highest BCUT2D eigenvalue weighted by molar-refractivity contribution is 6.72. The lowest BCUT2D eigenvalue weighted by atomic mass is 9.85. The molecule has 0 saturated heterocycles. The van der Waals surface area contributed by atoms with E-state index in [1.165, 1.54) is 0 Å². The van der Waals surface area contributed by atoms with Crippen LogP contribution in [0.2, 0.25) is 33.2 Å². The van der Waals surface area contributed by atoms with Gasteiger partial charge in [0.05, 0.1) is 21.6 Å². The van der Waals surface area contributed by atoms with Crippen LogP contribution in [-0.2, 0) is 22.7 Å². The maximum absolute atomic E-state index is 15.0. The predicted molar refractivity (Wildman–Crippen MR) is 231 cm³/mol. The van der Waals surface area contributed by atoms with Gasteiger partial charge in [-0.2, -0.15) is 0 Å². The van der Waals surface area contributed by atoms with Gasteiger partial charge in [-0.3, -0.25) is 4.79 Å². The van der Waals surface area contributed by atoms with Crippen molar-refractivity contribution in [2.75, 3.05) is 19.8 Å². The molecule has 1 aliphatic carbocycles. The van der Waals surface area contributed by atoms with Gasteiger partial charge in [-0.25, -0.2) is 4.79 Å². The maximum Gasteiger partial charge on any atom is 0.410 e. The number of benzene rings is 4. The van der Waals surface area contributed by atoms with E-state index >= 15 is 0 Å². The largest absolute Gasteiger partial charge is 0.490 e. The van der Waals surface area contributed by atoms with Crippen LogP contribution in [-0.4, -0.2) is 66.8 Å². The lowest BCUT2D eigenvalue weighted by Gasteiger charge is -2.41. The molecular formula is C45H51Cl3N2O6Si. The molecule has 4 aromatic carbocycles. The van der Waals surface area contributed by atoms with Gasteiger partial charge in [0, 0.05) is 24.2 Å². The van der Waals surface area contributed by atoms with Gasteiger partial charge in [0.25, 0.3) is 5.91 Å². The minimum absolute atomic E-state index is 0.0406. The van der Waals surface area contributed by atoms with Gasteiger partial charge in [0.2, 0.25) is 0 Å². The summed E-state index contributed by atoms with van der Waals surface area (Å²) in [5, 5.41) is 1.07. The fraction of sp³-hybridized carbons (Fsp3) is 0.378. The number of amides is 2. The summed E-state index contributed by atoms with van der Waals surface area (Å²) in [7, 11) is -2.56. The van der Waals surface area contributed by atoms with Gasteiger partial charge in [-0.05, 0) is 103 Å². The van der Waals surface area contributed by atoms with Crippen molar-refractivity contribution in [3.63, 3.8) is 0 Å². The molecule has 1 saturated carbocycles. The summed E-state index contributed by atoms with van der Waals surface area (Å²) in [6, 6.07) is 29.8. The van der Waals surface area contributed by atoms with Crippen LogP contribution in [0.4, 0.5) is 4.79 Å². The molecule has 0 bridgehead atoms. The Hall–Kier alpha value is -3.99. The van der Waals surface area contributed by atoms with E-state index in [9.17, 15) is 14.4 Å². The number of hydrogen-bond donors (Lipinski definition) is 1. The lowest BCUT2D eigenvalue weighted by Crippen LogP contribution is -2.49. The average molecular weight is 850 g/mol. The number of hydrogen-bond acceptors (Lipinski definition) is 6. The molecule has 8 nitrogen and oxygen atoms in total. The number of nitrogens with zero attached hydrogens (tertiary/aromatic N) is 2. The van der Waals surface area contributed by atoms with Gasteiger partial charge < -0.3 is 28.8 Å². The molecule has 2 amide bonds. The summed E-state index contributed by atoms with van der Waals surface area (Å²) in [5.41, 5.74) is 3.90. The van der Waals surface area contributed by atoms with Crippen molar-refractivity contribution < 1.29 is 28.6 Å². The second-order valence-electron chi connectivity index (χ2n) is 16.0. The summed E-state index contributed by atoms with van der Waals surface area (Å²) in [6.07, 6.45) is 3.00. The van der Waals surface area contributed by atoms with Crippen LogP contribution >= 0.6 is 34.8 Å². The van der Waals surface area contributed by atoms with Crippen LogP contribution in [0.15, 0.2) is 103 Å². The first-order valence-corrected chi connectivity index (χ1v) is 23.6. The molecule has 0 spiro atoms. The molecule has 2 aliphatic rings. The normalized spacial score (nSPS) is 16.0. The highest BCUT2D eigenvalue weighted by atomic mass is 35.5. The van der Waals surface area contributed by atoms with E-state index in [1.807, 2.05) is 103 Å². The van der Waals surface area contributed by atoms with Crippen LogP contribution in [0, 0.1) is 0 Å². The number of carbonyl (C=O) groups excluding carboxylic acids is 2. The number of carbonyl (C=O) groups is 2. The van der Waals surface area contributed by atoms with Crippen molar-refractivity contribution in [3.8, 4) is 11.5 Å². The van der Waals surface area contributed by atoms with Gasteiger partial charge >= 0.3 is 6.09 Å². The Morgan fingerprint density at radius 3 is 2.21 bits per heavy atom. The second-order valence-corrected chi connectivity index (χ2v) is 21.7. The average Bonchev–Trinajstić information content (AvgIpc) is 4.04. The van der Waals surface area contributed by atoms with E-state index in [2.05, 4.69) is 13.8 Å². The molecule has 1 unspecified atom stereocenters. The first kappa shape index (κ1) is 42.6. The SMILES string of the molecule is CC(C)(CCC1CC(c2ccc(OCCOc3ccccc3Cl)cc2)=C(C(=O)N(Cc2cccc(Cl)c2Cl)C2CC2)CN1C(=O)OCc1ccccc1)[Si](C)(C)O. The fourth-order valence-electron chi connectivity index (χ4n) is 6.87. The van der Waals surface area contributed by atoms with Crippen molar-refractivity contribution >= 4 is 60.7 Å². The third kappa shape index (κ3) is 10.9. The molecule has 0 aromatic heterocycles. The number of ether oxygens (including phenoxy) is 3. The quantitative estimate of drug-likeness (QED) is 0.0892. The molecule has 302 valence electrons. The summed E-state index contributed by atoms with van der Waals surface area (Å²) in [5.74, 6) is 1.10. The van der Waals surface area contributed by atoms with E-state index < -0.39 is 14.4 Å². The Morgan fingerprint density at radius 1 is 0.860 bits per heavy atom. The highest BCUT2D eigenvalue weighted by Crippen LogP contribution is 2.44. The molecule has 57 heavy (non-hydrogen) atoms. The van der Waals surface area contributed by atoms with Crippen LogP contribution in [0.1, 0.15) is 62.6 Å². The summed E-state index contributed by atoms with van der Waals surface area (Å²) < 4.78 is 17.8. The molecule has 0 radical (unpaired) electrons. The molecule has 6 rings (SSSR count). The van der Waals surface area contributed by atoms with E-state index in [-0.39, 0.29) is 42.7 Å². The smallest absolute Gasteiger partial charge is 0.410 e. The number of para-hydroxylation sites is 1. The van der Waals surface area contributed by atoms with E-state index in [0.717, 1.165) is 35.1 Å². The van der Waals surface area contributed by atoms with Gasteiger partial charge in [0.15, 0.2) is 8.32 Å². The number of rotatable bonds is 16. The summed E-state index contributed by atoms with van der Waals surface area (Å²) >= 11 is 19.3. The van der Waals surface area contributed by atoms with E-state index in [1.54, 1.807) is 17.0 Å². The molecule has 1 heterocycles. The van der Waals surface area contributed by atoms with Crippen LogP contribution in [0.5, 0.6) is 11.5 Å². The Balaban J connectivity index is 1.32. The van der Waals surface area contributed by atoms with Crippen molar-refractivity contribution in [2.45, 2.75) is 89.3 Å². The zero-order valence-electron chi connectivity index (χ0n) is 33.0. The van der Waals surface area contributed by atoms with Crippen molar-refractivity contribution in [3.05, 3.63) is 134 Å². The second kappa shape index (κ2) is 18.7. The van der Waals surface area contributed by atoms with E-state index in [0.29, 0.717) is 64.6 Å². The number of halogens is 3. The zero-order chi connectivity index (χ0) is 40.7. The first-order valence-electron chi connectivity index (χ1n) is 19.5. The minimum Gasteiger partial charge on any atom is -0.490 e. The van der Waals surface area contributed by atoms with Crippen molar-refractivity contribution in [2.24, 2.45) is 0 Å². The molecule has 1 atom stereocenters. The molecule has 4 aromatic rings. The zero-order valence-corrected chi connectivity index (χ0v) is 36.2. The standard InChI is InChI=1S/C45H51Cl3N2O6Si/c1-45(2,57(3,4)53)24-23-35-27-37(32-17-21-36(22-18-32)54-25-26-55-41-16-9-8-14-39(41)46)38(29-50(35)44(52)56-30-31-11-6-5-7-12-31)43(51)49(34-19-20-34)28-33-13-10-15-40(47)42(33)48/h5-18,21-22,34-35,53H,19-20,23-30H2,1-4H3. The molecule has 1 fully saturated rings. The lowest BCUT2D eigenvalue weighted by molar-refractivity contribution is -0.128. The Kier molecular flexibility index (Phi) is 14.0. The fourth-order valence-corrected chi connectivity index (χ4v) is 8.19. The first-order chi connectivity index (χ1) is 27.2. The molecule has 1 N–H and O–H groups in total.